The van der Waals surface area contributed by atoms with Crippen LogP contribution in [0.4, 0.5) is 0 Å². The first-order valence-electron chi connectivity index (χ1n) is 8.25. The number of aliphatic imine (C=N–C) groups is 1. The molecule has 1 aliphatic carbocycles. The average molecular weight is 376 g/mol. The van der Waals surface area contributed by atoms with Gasteiger partial charge in [-0.05, 0) is 59.7 Å². The summed E-state index contributed by atoms with van der Waals surface area (Å²) in [4.78, 5) is 6.34. The zero-order chi connectivity index (χ0) is 17.8. The maximum absolute atomic E-state index is 10.9. The second kappa shape index (κ2) is 5.90. The minimum atomic E-state index is -0.766. The highest BCUT2D eigenvalue weighted by atomic mass is 35.5. The molecular formula is C19H19Cl2N3O. The molecule has 6 heteroatoms. The molecule has 1 fully saturated rings. The second-order valence-corrected chi connectivity index (χ2v) is 7.67. The lowest BCUT2D eigenvalue weighted by Gasteiger charge is -2.33. The molecule has 1 heterocycles. The van der Waals surface area contributed by atoms with Crippen LogP contribution in [0, 0.1) is 5.92 Å². The summed E-state index contributed by atoms with van der Waals surface area (Å²) in [6, 6.07) is 13.5. The van der Waals surface area contributed by atoms with Crippen LogP contribution in [0.3, 0.4) is 0 Å². The van der Waals surface area contributed by atoms with Gasteiger partial charge in [0.05, 0.1) is 0 Å². The van der Waals surface area contributed by atoms with Gasteiger partial charge in [-0.25, -0.2) is 4.99 Å². The Balaban J connectivity index is 1.83. The largest absolute Gasteiger partial charge is 0.371 e. The molecule has 1 saturated carbocycles. The molecule has 0 aromatic heterocycles. The number of hydrogen-bond acceptors (Lipinski definition) is 4. The molecule has 25 heavy (non-hydrogen) atoms. The van der Waals surface area contributed by atoms with E-state index in [-0.39, 0.29) is 0 Å². The number of nitrogens with zero attached hydrogens (tertiary/aromatic N) is 2. The Bertz CT molecular complexity index is 845. The van der Waals surface area contributed by atoms with Crippen molar-refractivity contribution in [3.63, 3.8) is 0 Å². The average Bonchev–Trinajstić information content (AvgIpc) is 3.39. The van der Waals surface area contributed by atoms with Gasteiger partial charge in [0.15, 0.2) is 12.2 Å². The van der Waals surface area contributed by atoms with Crippen molar-refractivity contribution in [1.29, 1.82) is 0 Å². The number of aliphatic hydroxyl groups is 1. The van der Waals surface area contributed by atoms with Gasteiger partial charge in [-0.3, -0.25) is 0 Å². The third-order valence-corrected chi connectivity index (χ3v) is 5.58. The van der Waals surface area contributed by atoms with Crippen molar-refractivity contribution in [3.05, 3.63) is 58.1 Å². The van der Waals surface area contributed by atoms with Crippen LogP contribution in [0.15, 0.2) is 47.5 Å². The SMILES string of the molecule is CN1C(N)=NC(c2cccc(-c3cc(Cl)cc(Cl)c3)c2)(C2CC2)C1O. The molecule has 4 rings (SSSR count). The minimum absolute atomic E-state index is 0.296. The molecule has 2 unspecified atom stereocenters. The van der Waals surface area contributed by atoms with E-state index in [1.807, 2.05) is 30.3 Å². The van der Waals surface area contributed by atoms with Gasteiger partial charge in [-0.2, -0.15) is 0 Å². The van der Waals surface area contributed by atoms with E-state index >= 15 is 0 Å². The first kappa shape index (κ1) is 16.7. The highest BCUT2D eigenvalue weighted by Crippen LogP contribution is 2.53. The molecular weight excluding hydrogens is 357 g/mol. The van der Waals surface area contributed by atoms with Crippen molar-refractivity contribution in [3.8, 4) is 11.1 Å². The van der Waals surface area contributed by atoms with Crippen LogP contribution in [0.2, 0.25) is 10.0 Å². The van der Waals surface area contributed by atoms with E-state index < -0.39 is 11.8 Å². The van der Waals surface area contributed by atoms with Crippen molar-refractivity contribution in [1.82, 2.24) is 4.90 Å². The van der Waals surface area contributed by atoms with Crippen LogP contribution in [0.25, 0.3) is 11.1 Å². The molecule has 0 saturated heterocycles. The summed E-state index contributed by atoms with van der Waals surface area (Å²) in [6.45, 7) is 0. The minimum Gasteiger partial charge on any atom is -0.371 e. The van der Waals surface area contributed by atoms with Crippen molar-refractivity contribution in [2.75, 3.05) is 7.05 Å². The first-order chi connectivity index (χ1) is 11.9. The second-order valence-electron chi connectivity index (χ2n) is 6.79. The van der Waals surface area contributed by atoms with Crippen molar-refractivity contribution >= 4 is 29.2 Å². The Morgan fingerprint density at radius 2 is 1.80 bits per heavy atom. The predicted molar refractivity (Wildman–Crippen MR) is 102 cm³/mol. The number of guanidine groups is 1. The number of rotatable bonds is 3. The Labute approximate surface area is 156 Å². The maximum Gasteiger partial charge on any atom is 0.194 e. The fourth-order valence-corrected chi connectivity index (χ4v) is 4.22. The Hall–Kier alpha value is -1.75. The smallest absolute Gasteiger partial charge is 0.194 e. The first-order valence-corrected chi connectivity index (χ1v) is 9.00. The molecule has 130 valence electrons. The van der Waals surface area contributed by atoms with Crippen LogP contribution >= 0.6 is 23.2 Å². The zero-order valence-electron chi connectivity index (χ0n) is 13.8. The molecule has 2 aromatic carbocycles. The lowest BCUT2D eigenvalue weighted by Crippen LogP contribution is -2.46. The van der Waals surface area contributed by atoms with E-state index in [1.165, 1.54) is 0 Å². The Morgan fingerprint density at radius 3 is 2.36 bits per heavy atom. The molecule has 3 N–H and O–H groups in total. The molecule has 2 aliphatic rings. The van der Waals surface area contributed by atoms with E-state index in [2.05, 4.69) is 6.07 Å². The number of aliphatic hydroxyl groups excluding tert-OH is 1. The standard InChI is InChI=1S/C19H19Cl2N3O/c1-24-17(25)19(13-5-6-13,23-18(24)22)14-4-2-3-11(7-14)12-8-15(20)10-16(21)9-12/h2-4,7-10,13,17,25H,5-6H2,1H3,(H2,22,23). The summed E-state index contributed by atoms with van der Waals surface area (Å²) in [6.07, 6.45) is 1.31. The quantitative estimate of drug-likeness (QED) is 0.856. The molecule has 1 aliphatic heterocycles. The fourth-order valence-electron chi connectivity index (χ4n) is 3.69. The van der Waals surface area contributed by atoms with E-state index in [9.17, 15) is 5.11 Å². The van der Waals surface area contributed by atoms with E-state index in [4.69, 9.17) is 33.9 Å². The van der Waals surface area contributed by atoms with Gasteiger partial charge in [0.2, 0.25) is 0 Å². The highest BCUT2D eigenvalue weighted by molar-refractivity contribution is 6.35. The molecule has 2 atom stereocenters. The van der Waals surface area contributed by atoms with Crippen LogP contribution in [-0.4, -0.2) is 29.2 Å². The van der Waals surface area contributed by atoms with Crippen molar-refractivity contribution in [2.24, 2.45) is 16.6 Å². The molecule has 0 bridgehead atoms. The van der Waals surface area contributed by atoms with E-state index in [1.54, 1.807) is 18.0 Å². The van der Waals surface area contributed by atoms with Crippen LogP contribution in [0.5, 0.6) is 0 Å². The van der Waals surface area contributed by atoms with Gasteiger partial charge in [0.25, 0.3) is 0 Å². The normalized spacial score (nSPS) is 26.0. The number of halogens is 2. The predicted octanol–water partition coefficient (Wildman–Crippen LogP) is 3.84. The van der Waals surface area contributed by atoms with Gasteiger partial charge in [0, 0.05) is 17.1 Å². The van der Waals surface area contributed by atoms with Gasteiger partial charge in [-0.1, -0.05) is 41.4 Å². The summed E-state index contributed by atoms with van der Waals surface area (Å²) < 4.78 is 0. The van der Waals surface area contributed by atoms with E-state index in [0.29, 0.717) is 21.9 Å². The number of benzene rings is 2. The molecule has 0 radical (unpaired) electrons. The summed E-state index contributed by atoms with van der Waals surface area (Å²) in [7, 11) is 1.77. The lowest BCUT2D eigenvalue weighted by atomic mass is 9.83. The summed E-state index contributed by atoms with van der Waals surface area (Å²) in [5.41, 5.74) is 8.18. The van der Waals surface area contributed by atoms with Gasteiger partial charge in [-0.15, -0.1) is 0 Å². The maximum atomic E-state index is 10.9. The number of likely N-dealkylation sites (N-methyl/N-ethyl adjacent to an activating group) is 1. The molecule has 0 amide bonds. The van der Waals surface area contributed by atoms with Crippen LogP contribution < -0.4 is 5.73 Å². The van der Waals surface area contributed by atoms with E-state index in [0.717, 1.165) is 29.5 Å². The lowest BCUT2D eigenvalue weighted by molar-refractivity contribution is 0.00473. The third-order valence-electron chi connectivity index (χ3n) is 5.14. The molecule has 2 aromatic rings. The number of hydrogen-bond donors (Lipinski definition) is 2. The van der Waals surface area contributed by atoms with Gasteiger partial charge in [0.1, 0.15) is 5.54 Å². The Morgan fingerprint density at radius 1 is 1.12 bits per heavy atom. The molecule has 0 spiro atoms. The summed E-state index contributed by atoms with van der Waals surface area (Å²) in [5.74, 6) is 0.666. The Kier molecular flexibility index (Phi) is 3.95. The summed E-state index contributed by atoms with van der Waals surface area (Å²) in [5, 5.41) is 12.1. The van der Waals surface area contributed by atoms with Crippen LogP contribution in [-0.2, 0) is 5.54 Å². The zero-order valence-corrected chi connectivity index (χ0v) is 15.3. The van der Waals surface area contributed by atoms with Gasteiger partial charge < -0.3 is 15.7 Å². The molecule has 4 nitrogen and oxygen atoms in total. The highest BCUT2D eigenvalue weighted by Gasteiger charge is 2.56. The monoisotopic (exact) mass is 375 g/mol. The third kappa shape index (κ3) is 2.69. The summed E-state index contributed by atoms with van der Waals surface area (Å²) >= 11 is 12.3. The topological polar surface area (TPSA) is 61.8 Å². The van der Waals surface area contributed by atoms with Crippen molar-refractivity contribution < 1.29 is 5.11 Å². The van der Waals surface area contributed by atoms with Crippen LogP contribution in [0.1, 0.15) is 18.4 Å². The number of nitrogens with two attached hydrogens (primary N) is 1. The fraction of sp³-hybridized carbons (Fsp3) is 0.316. The van der Waals surface area contributed by atoms with Gasteiger partial charge >= 0.3 is 0 Å². The van der Waals surface area contributed by atoms with Crippen molar-refractivity contribution in [2.45, 2.75) is 24.6 Å².